The van der Waals surface area contributed by atoms with Gasteiger partial charge in [-0.2, -0.15) is 0 Å². The molecule has 29 heavy (non-hydrogen) atoms. The normalized spacial score (nSPS) is 17.6. The second kappa shape index (κ2) is 11.3. The van der Waals surface area contributed by atoms with Crippen LogP contribution in [0.5, 0.6) is 0 Å². The van der Waals surface area contributed by atoms with Crippen LogP contribution in [0.2, 0.25) is 0 Å². The number of hydrogen-bond donors (Lipinski definition) is 3. The fourth-order valence-electron chi connectivity index (χ4n) is 3.40. The van der Waals surface area contributed by atoms with Crippen molar-refractivity contribution < 1.29 is 9.50 Å². The predicted molar refractivity (Wildman–Crippen MR) is 128 cm³/mol. The summed E-state index contributed by atoms with van der Waals surface area (Å²) in [6.45, 7) is 6.78. The lowest BCUT2D eigenvalue weighted by Crippen LogP contribution is -2.44. The van der Waals surface area contributed by atoms with Gasteiger partial charge in [0, 0.05) is 36.9 Å². The third-order valence-corrected chi connectivity index (χ3v) is 4.96. The molecule has 7 heteroatoms. The molecule has 1 heterocycles. The van der Waals surface area contributed by atoms with Gasteiger partial charge in [0.1, 0.15) is 11.9 Å². The van der Waals surface area contributed by atoms with Crippen molar-refractivity contribution in [1.29, 1.82) is 0 Å². The van der Waals surface area contributed by atoms with Gasteiger partial charge in [0.05, 0.1) is 6.54 Å². The fraction of sp³-hybridized carbons (Fsp3) is 0.409. The fourth-order valence-corrected chi connectivity index (χ4v) is 3.40. The Balaban J connectivity index is 0.00000300. The molecular weight excluding hydrogens is 482 g/mol. The molecule has 0 saturated carbocycles. The molecule has 0 bridgehead atoms. The highest BCUT2D eigenvalue weighted by molar-refractivity contribution is 14.0. The lowest BCUT2D eigenvalue weighted by atomic mass is 10.1. The molecule has 1 aliphatic rings. The Morgan fingerprint density at radius 3 is 2.66 bits per heavy atom. The van der Waals surface area contributed by atoms with Crippen LogP contribution in [0.25, 0.3) is 0 Å². The predicted octanol–water partition coefficient (Wildman–Crippen LogP) is 3.62. The number of halogens is 2. The van der Waals surface area contributed by atoms with Crippen molar-refractivity contribution in [2.24, 2.45) is 4.99 Å². The maximum atomic E-state index is 13.8. The highest BCUT2D eigenvalue weighted by Crippen LogP contribution is 2.21. The van der Waals surface area contributed by atoms with Crippen LogP contribution in [0, 0.1) is 12.7 Å². The zero-order valence-electron chi connectivity index (χ0n) is 16.9. The lowest BCUT2D eigenvalue weighted by molar-refractivity contribution is 0.182. The van der Waals surface area contributed by atoms with Crippen LogP contribution in [0.1, 0.15) is 30.6 Å². The first-order valence-electron chi connectivity index (χ1n) is 9.85. The number of benzene rings is 2. The highest BCUT2D eigenvalue weighted by Gasteiger charge is 2.23. The van der Waals surface area contributed by atoms with Crippen LogP contribution in [0.15, 0.2) is 53.5 Å². The number of nitrogens with zero attached hydrogens (tertiary/aromatic N) is 2. The van der Waals surface area contributed by atoms with Gasteiger partial charge >= 0.3 is 0 Å². The SMILES string of the molecule is CCNC(=NCC(O)c1ccccc1F)NC1CCN(c2ccc(C)cc2)C1.I. The van der Waals surface area contributed by atoms with Gasteiger partial charge in [-0.05, 0) is 38.5 Å². The molecule has 0 amide bonds. The number of rotatable bonds is 6. The Morgan fingerprint density at radius 1 is 1.24 bits per heavy atom. The van der Waals surface area contributed by atoms with E-state index in [1.54, 1.807) is 18.2 Å². The summed E-state index contributed by atoms with van der Waals surface area (Å²) in [4.78, 5) is 6.82. The number of nitrogens with one attached hydrogen (secondary N) is 2. The van der Waals surface area contributed by atoms with Crippen LogP contribution in [-0.2, 0) is 0 Å². The molecule has 1 fully saturated rings. The first-order valence-corrected chi connectivity index (χ1v) is 9.85. The molecule has 1 saturated heterocycles. The van der Waals surface area contributed by atoms with Crippen molar-refractivity contribution >= 4 is 35.6 Å². The van der Waals surface area contributed by atoms with Crippen LogP contribution >= 0.6 is 24.0 Å². The van der Waals surface area contributed by atoms with E-state index in [0.717, 1.165) is 26.1 Å². The van der Waals surface area contributed by atoms with E-state index in [2.05, 4.69) is 51.7 Å². The quantitative estimate of drug-likeness (QED) is 0.315. The first-order chi connectivity index (χ1) is 13.6. The maximum absolute atomic E-state index is 13.8. The number of aliphatic hydroxyl groups excluding tert-OH is 1. The first kappa shape index (κ1) is 23.4. The molecule has 0 aliphatic carbocycles. The smallest absolute Gasteiger partial charge is 0.191 e. The summed E-state index contributed by atoms with van der Waals surface area (Å²) in [7, 11) is 0. The number of aliphatic hydroxyl groups is 1. The second-order valence-corrected chi connectivity index (χ2v) is 7.17. The second-order valence-electron chi connectivity index (χ2n) is 7.17. The summed E-state index contributed by atoms with van der Waals surface area (Å²) < 4.78 is 13.8. The Bertz CT molecular complexity index is 800. The van der Waals surface area contributed by atoms with E-state index < -0.39 is 11.9 Å². The van der Waals surface area contributed by atoms with Crippen LogP contribution in [0.3, 0.4) is 0 Å². The monoisotopic (exact) mass is 512 g/mol. The average molecular weight is 512 g/mol. The van der Waals surface area contributed by atoms with Gasteiger partial charge in [-0.1, -0.05) is 35.9 Å². The Hall–Kier alpha value is -1.87. The molecule has 0 radical (unpaired) electrons. The molecule has 2 aromatic rings. The average Bonchev–Trinajstić information content (AvgIpc) is 3.15. The standard InChI is InChI=1S/C22H29FN4O.HI/c1-3-24-22(25-14-21(28)19-6-4-5-7-20(19)23)26-17-12-13-27(15-17)18-10-8-16(2)9-11-18;/h4-11,17,21,28H,3,12-15H2,1-2H3,(H2,24,25,26);1H. The molecule has 158 valence electrons. The Labute approximate surface area is 189 Å². The van der Waals surface area contributed by atoms with Crippen LogP contribution in [0.4, 0.5) is 10.1 Å². The minimum Gasteiger partial charge on any atom is -0.386 e. The van der Waals surface area contributed by atoms with Gasteiger partial charge in [0.25, 0.3) is 0 Å². The van der Waals surface area contributed by atoms with Crippen molar-refractivity contribution in [2.45, 2.75) is 32.4 Å². The van der Waals surface area contributed by atoms with E-state index in [1.165, 1.54) is 17.3 Å². The van der Waals surface area contributed by atoms with Crippen molar-refractivity contribution in [1.82, 2.24) is 10.6 Å². The van der Waals surface area contributed by atoms with Gasteiger partial charge in [-0.3, -0.25) is 4.99 Å². The van der Waals surface area contributed by atoms with Crippen molar-refractivity contribution in [2.75, 3.05) is 31.1 Å². The van der Waals surface area contributed by atoms with E-state index >= 15 is 0 Å². The molecule has 2 aromatic carbocycles. The number of hydrogen-bond acceptors (Lipinski definition) is 3. The summed E-state index contributed by atoms with van der Waals surface area (Å²) in [5.74, 6) is 0.237. The molecule has 3 N–H and O–H groups in total. The van der Waals surface area contributed by atoms with Gasteiger partial charge in [-0.15, -0.1) is 24.0 Å². The number of anilines is 1. The molecular formula is C22H30FIN4O. The van der Waals surface area contributed by atoms with E-state index in [9.17, 15) is 9.50 Å². The molecule has 2 unspecified atom stereocenters. The van der Waals surface area contributed by atoms with E-state index in [1.807, 2.05) is 6.92 Å². The summed E-state index contributed by atoms with van der Waals surface area (Å²) in [6.07, 6.45) is 0.0398. The maximum Gasteiger partial charge on any atom is 0.191 e. The summed E-state index contributed by atoms with van der Waals surface area (Å²) in [5, 5.41) is 16.9. The minimum atomic E-state index is -0.968. The van der Waals surface area contributed by atoms with E-state index in [0.29, 0.717) is 5.96 Å². The Kier molecular flexibility index (Phi) is 9.16. The molecule has 0 spiro atoms. The van der Waals surface area contributed by atoms with Gasteiger partial charge in [0.15, 0.2) is 5.96 Å². The Morgan fingerprint density at radius 2 is 1.97 bits per heavy atom. The summed E-state index contributed by atoms with van der Waals surface area (Å²) in [6, 6.07) is 15.1. The third-order valence-electron chi connectivity index (χ3n) is 4.96. The highest BCUT2D eigenvalue weighted by atomic mass is 127. The topological polar surface area (TPSA) is 59.9 Å². The third kappa shape index (κ3) is 6.57. The van der Waals surface area contributed by atoms with Gasteiger partial charge < -0.3 is 20.6 Å². The minimum absolute atomic E-state index is 0. The van der Waals surface area contributed by atoms with Crippen molar-refractivity contribution in [3.05, 3.63) is 65.5 Å². The largest absolute Gasteiger partial charge is 0.386 e. The summed E-state index contributed by atoms with van der Waals surface area (Å²) in [5.41, 5.74) is 2.76. The zero-order chi connectivity index (χ0) is 19.9. The molecule has 2 atom stereocenters. The molecule has 0 aromatic heterocycles. The summed E-state index contributed by atoms with van der Waals surface area (Å²) >= 11 is 0. The van der Waals surface area contributed by atoms with Crippen molar-refractivity contribution in [3.63, 3.8) is 0 Å². The van der Waals surface area contributed by atoms with Crippen LogP contribution in [-0.4, -0.2) is 43.3 Å². The number of guanidine groups is 1. The van der Waals surface area contributed by atoms with Crippen LogP contribution < -0.4 is 15.5 Å². The van der Waals surface area contributed by atoms with Crippen molar-refractivity contribution in [3.8, 4) is 0 Å². The molecule has 3 rings (SSSR count). The van der Waals surface area contributed by atoms with Gasteiger partial charge in [-0.25, -0.2) is 4.39 Å². The number of aliphatic imine (C=N–C) groups is 1. The molecule has 5 nitrogen and oxygen atoms in total. The van der Waals surface area contributed by atoms with E-state index in [-0.39, 0.29) is 42.1 Å². The zero-order valence-corrected chi connectivity index (χ0v) is 19.3. The van der Waals surface area contributed by atoms with Gasteiger partial charge in [0.2, 0.25) is 0 Å². The molecule has 1 aliphatic heterocycles. The van der Waals surface area contributed by atoms with E-state index in [4.69, 9.17) is 0 Å². The number of aryl methyl sites for hydroxylation is 1. The lowest BCUT2D eigenvalue weighted by Gasteiger charge is -2.21.